The standard InChI is InChI=1S/C9H10N2S/c1-6(2)7-4-3-5-8-9(7)10-11-12-8/h3-6H,1-2H3. The lowest BCUT2D eigenvalue weighted by Crippen LogP contribution is -1.88. The number of rotatable bonds is 1. The van der Waals surface area contributed by atoms with Gasteiger partial charge in [0.1, 0.15) is 5.52 Å². The van der Waals surface area contributed by atoms with E-state index in [1.807, 2.05) is 0 Å². The lowest BCUT2D eigenvalue weighted by atomic mass is 10.0. The van der Waals surface area contributed by atoms with Gasteiger partial charge in [-0.25, -0.2) is 0 Å². The van der Waals surface area contributed by atoms with E-state index in [4.69, 9.17) is 0 Å². The molecule has 12 heavy (non-hydrogen) atoms. The molecule has 0 N–H and O–H groups in total. The maximum atomic E-state index is 4.11. The first-order valence-electron chi connectivity index (χ1n) is 4.00. The molecule has 0 aliphatic heterocycles. The van der Waals surface area contributed by atoms with Gasteiger partial charge in [-0.2, -0.15) is 0 Å². The summed E-state index contributed by atoms with van der Waals surface area (Å²) in [6, 6.07) is 6.25. The Kier molecular flexibility index (Phi) is 1.81. The first-order chi connectivity index (χ1) is 5.79. The molecular weight excluding hydrogens is 168 g/mol. The average Bonchev–Trinajstić information content (AvgIpc) is 2.49. The van der Waals surface area contributed by atoms with E-state index in [1.54, 1.807) is 0 Å². The molecular formula is C9H10N2S. The maximum Gasteiger partial charge on any atom is 0.109 e. The number of nitrogens with zero attached hydrogens (tertiary/aromatic N) is 2. The SMILES string of the molecule is CC(C)c1cccc2snnc12. The van der Waals surface area contributed by atoms with E-state index in [1.165, 1.54) is 21.8 Å². The van der Waals surface area contributed by atoms with Crippen LogP contribution in [0.3, 0.4) is 0 Å². The van der Waals surface area contributed by atoms with Crippen LogP contribution in [-0.4, -0.2) is 9.59 Å². The molecule has 0 fully saturated rings. The minimum absolute atomic E-state index is 0.526. The molecule has 2 aromatic rings. The van der Waals surface area contributed by atoms with Crippen LogP contribution in [0.5, 0.6) is 0 Å². The Hall–Kier alpha value is -0.960. The molecule has 1 aromatic heterocycles. The maximum absolute atomic E-state index is 4.11. The topological polar surface area (TPSA) is 25.8 Å². The Morgan fingerprint density at radius 2 is 2.17 bits per heavy atom. The molecule has 0 radical (unpaired) electrons. The highest BCUT2D eigenvalue weighted by atomic mass is 32.1. The molecule has 0 saturated heterocycles. The lowest BCUT2D eigenvalue weighted by molar-refractivity contribution is 0.871. The largest absolute Gasteiger partial charge is 0.138 e. The summed E-state index contributed by atoms with van der Waals surface area (Å²) in [5.41, 5.74) is 2.36. The molecule has 0 atom stereocenters. The zero-order chi connectivity index (χ0) is 8.55. The van der Waals surface area contributed by atoms with Gasteiger partial charge in [0.05, 0.1) is 4.70 Å². The van der Waals surface area contributed by atoms with Crippen LogP contribution in [0.15, 0.2) is 18.2 Å². The van der Waals surface area contributed by atoms with Gasteiger partial charge in [-0.05, 0) is 29.1 Å². The predicted octanol–water partition coefficient (Wildman–Crippen LogP) is 2.81. The molecule has 0 amide bonds. The molecule has 0 unspecified atom stereocenters. The minimum atomic E-state index is 0.526. The second-order valence-electron chi connectivity index (χ2n) is 3.12. The van der Waals surface area contributed by atoms with E-state index in [-0.39, 0.29) is 0 Å². The van der Waals surface area contributed by atoms with Crippen LogP contribution < -0.4 is 0 Å². The summed E-state index contributed by atoms with van der Waals surface area (Å²) < 4.78 is 5.12. The third-order valence-corrected chi connectivity index (χ3v) is 2.62. The smallest absolute Gasteiger partial charge is 0.109 e. The Morgan fingerprint density at radius 3 is 2.92 bits per heavy atom. The van der Waals surface area contributed by atoms with Crippen LogP contribution in [0, 0.1) is 0 Å². The van der Waals surface area contributed by atoms with Crippen LogP contribution in [0.4, 0.5) is 0 Å². The van der Waals surface area contributed by atoms with Crippen molar-refractivity contribution in [3.8, 4) is 0 Å². The summed E-state index contributed by atoms with van der Waals surface area (Å²) in [6.45, 7) is 4.35. The van der Waals surface area contributed by atoms with Gasteiger partial charge in [-0.15, -0.1) is 5.10 Å². The summed E-state index contributed by atoms with van der Waals surface area (Å²) >= 11 is 1.46. The van der Waals surface area contributed by atoms with Gasteiger partial charge in [0.2, 0.25) is 0 Å². The summed E-state index contributed by atoms with van der Waals surface area (Å²) in [5.74, 6) is 0.526. The second-order valence-corrected chi connectivity index (χ2v) is 3.91. The number of aromatic nitrogens is 2. The van der Waals surface area contributed by atoms with Crippen molar-refractivity contribution in [2.24, 2.45) is 0 Å². The van der Waals surface area contributed by atoms with Crippen molar-refractivity contribution < 1.29 is 0 Å². The summed E-state index contributed by atoms with van der Waals surface area (Å²) in [5, 5.41) is 4.11. The predicted molar refractivity (Wildman–Crippen MR) is 51.5 cm³/mol. The van der Waals surface area contributed by atoms with E-state index < -0.39 is 0 Å². The zero-order valence-corrected chi connectivity index (χ0v) is 7.93. The molecule has 2 rings (SSSR count). The van der Waals surface area contributed by atoms with Crippen molar-refractivity contribution in [1.29, 1.82) is 0 Å². The normalized spacial score (nSPS) is 11.2. The van der Waals surface area contributed by atoms with Crippen molar-refractivity contribution in [2.45, 2.75) is 19.8 Å². The fourth-order valence-corrected chi connectivity index (χ4v) is 1.89. The highest BCUT2D eigenvalue weighted by Crippen LogP contribution is 2.24. The van der Waals surface area contributed by atoms with Crippen molar-refractivity contribution in [3.63, 3.8) is 0 Å². The third kappa shape index (κ3) is 1.10. The number of hydrogen-bond donors (Lipinski definition) is 0. The summed E-state index contributed by atoms with van der Waals surface area (Å²) in [6.07, 6.45) is 0. The van der Waals surface area contributed by atoms with Crippen LogP contribution in [0.1, 0.15) is 25.3 Å². The molecule has 0 aliphatic rings. The van der Waals surface area contributed by atoms with Crippen molar-refractivity contribution >= 4 is 21.7 Å². The van der Waals surface area contributed by atoms with Gasteiger partial charge in [0.15, 0.2) is 0 Å². The Labute approximate surface area is 75.4 Å². The van der Waals surface area contributed by atoms with Crippen LogP contribution in [-0.2, 0) is 0 Å². The Morgan fingerprint density at radius 1 is 1.33 bits per heavy atom. The van der Waals surface area contributed by atoms with Crippen molar-refractivity contribution in [1.82, 2.24) is 9.59 Å². The molecule has 0 saturated carbocycles. The van der Waals surface area contributed by atoms with E-state index in [0.717, 1.165) is 5.52 Å². The van der Waals surface area contributed by atoms with Crippen molar-refractivity contribution in [3.05, 3.63) is 23.8 Å². The van der Waals surface area contributed by atoms with Gasteiger partial charge in [-0.3, -0.25) is 0 Å². The lowest BCUT2D eigenvalue weighted by Gasteiger charge is -2.03. The fourth-order valence-electron chi connectivity index (χ4n) is 1.29. The van der Waals surface area contributed by atoms with Crippen LogP contribution in [0.2, 0.25) is 0 Å². The van der Waals surface area contributed by atoms with Gasteiger partial charge in [0, 0.05) is 0 Å². The first-order valence-corrected chi connectivity index (χ1v) is 4.77. The number of benzene rings is 1. The van der Waals surface area contributed by atoms with Gasteiger partial charge >= 0.3 is 0 Å². The van der Waals surface area contributed by atoms with Gasteiger partial charge < -0.3 is 0 Å². The Bertz CT molecular complexity index is 392. The second kappa shape index (κ2) is 2.83. The summed E-state index contributed by atoms with van der Waals surface area (Å²) in [7, 11) is 0. The third-order valence-electron chi connectivity index (χ3n) is 1.93. The van der Waals surface area contributed by atoms with Gasteiger partial charge in [-0.1, -0.05) is 30.5 Å². The van der Waals surface area contributed by atoms with E-state index in [9.17, 15) is 0 Å². The van der Waals surface area contributed by atoms with E-state index >= 15 is 0 Å². The molecule has 1 heterocycles. The number of hydrogen-bond acceptors (Lipinski definition) is 3. The van der Waals surface area contributed by atoms with E-state index in [0.29, 0.717) is 5.92 Å². The first kappa shape index (κ1) is 7.68. The Balaban J connectivity index is 2.73. The highest BCUT2D eigenvalue weighted by Gasteiger charge is 2.06. The highest BCUT2D eigenvalue weighted by molar-refractivity contribution is 7.12. The number of fused-ring (bicyclic) bond motifs is 1. The zero-order valence-electron chi connectivity index (χ0n) is 7.11. The van der Waals surface area contributed by atoms with E-state index in [2.05, 4.69) is 41.6 Å². The molecule has 0 aliphatic carbocycles. The minimum Gasteiger partial charge on any atom is -0.138 e. The fraction of sp³-hybridized carbons (Fsp3) is 0.333. The molecule has 3 heteroatoms. The summed E-state index contributed by atoms with van der Waals surface area (Å²) in [4.78, 5) is 0. The molecule has 0 bridgehead atoms. The quantitative estimate of drug-likeness (QED) is 0.671. The monoisotopic (exact) mass is 178 g/mol. The molecule has 2 nitrogen and oxygen atoms in total. The van der Waals surface area contributed by atoms with Crippen LogP contribution >= 0.6 is 11.5 Å². The van der Waals surface area contributed by atoms with Crippen molar-refractivity contribution in [2.75, 3.05) is 0 Å². The molecule has 1 aromatic carbocycles. The molecule has 62 valence electrons. The van der Waals surface area contributed by atoms with Crippen LogP contribution in [0.25, 0.3) is 10.2 Å². The molecule has 0 spiro atoms. The van der Waals surface area contributed by atoms with Gasteiger partial charge in [0.25, 0.3) is 0 Å². The average molecular weight is 178 g/mol.